The second-order valence-corrected chi connectivity index (χ2v) is 6.39. The highest BCUT2D eigenvalue weighted by molar-refractivity contribution is 5.14. The average Bonchev–Trinajstić information content (AvgIpc) is 3.04. The normalized spacial score (nSPS) is 28.0. The van der Waals surface area contributed by atoms with Crippen molar-refractivity contribution in [2.75, 3.05) is 19.7 Å². The molecule has 0 amide bonds. The van der Waals surface area contributed by atoms with Crippen LogP contribution >= 0.6 is 0 Å². The Morgan fingerprint density at radius 1 is 1.37 bits per heavy atom. The first-order valence-electron chi connectivity index (χ1n) is 7.58. The number of hydrogen-bond acceptors (Lipinski definition) is 3. The molecule has 0 bridgehead atoms. The predicted octanol–water partition coefficient (Wildman–Crippen LogP) is 1.64. The maximum atomic E-state index is 9.29. The Morgan fingerprint density at radius 2 is 2.21 bits per heavy atom. The van der Waals surface area contributed by atoms with Gasteiger partial charge in [-0.05, 0) is 39.2 Å². The molecule has 1 aromatic rings. The van der Waals surface area contributed by atoms with Crippen LogP contribution in [0.1, 0.15) is 44.1 Å². The van der Waals surface area contributed by atoms with Gasteiger partial charge < -0.3 is 14.6 Å². The van der Waals surface area contributed by atoms with Gasteiger partial charge in [0.05, 0.1) is 5.69 Å². The van der Waals surface area contributed by atoms with Crippen LogP contribution in [0, 0.1) is 5.92 Å². The van der Waals surface area contributed by atoms with Gasteiger partial charge >= 0.3 is 0 Å². The lowest BCUT2D eigenvalue weighted by atomic mass is 9.99. The number of nitrogens with zero attached hydrogens (tertiary/aromatic N) is 3. The summed E-state index contributed by atoms with van der Waals surface area (Å²) in [5.74, 6) is 2.20. The molecule has 4 nitrogen and oxygen atoms in total. The van der Waals surface area contributed by atoms with Crippen molar-refractivity contribution in [3.63, 3.8) is 0 Å². The molecule has 2 aliphatic rings. The number of aromatic nitrogens is 2. The van der Waals surface area contributed by atoms with Crippen molar-refractivity contribution < 1.29 is 5.11 Å². The molecule has 2 aliphatic heterocycles. The minimum absolute atomic E-state index is 0.298. The molecule has 3 rings (SSSR count). The Labute approximate surface area is 115 Å². The molecule has 0 aliphatic carbocycles. The van der Waals surface area contributed by atoms with Crippen molar-refractivity contribution >= 4 is 0 Å². The minimum Gasteiger partial charge on any atom is -0.396 e. The van der Waals surface area contributed by atoms with E-state index in [9.17, 15) is 5.11 Å². The molecular formula is C15H25N3O. The lowest BCUT2D eigenvalue weighted by Gasteiger charge is -2.20. The van der Waals surface area contributed by atoms with Crippen LogP contribution in [-0.4, -0.2) is 45.3 Å². The molecular weight excluding hydrogens is 238 g/mol. The van der Waals surface area contributed by atoms with E-state index in [0.29, 0.717) is 24.5 Å². The maximum Gasteiger partial charge on any atom is 0.109 e. The van der Waals surface area contributed by atoms with E-state index in [-0.39, 0.29) is 0 Å². The first-order valence-corrected chi connectivity index (χ1v) is 7.58. The molecule has 2 unspecified atom stereocenters. The van der Waals surface area contributed by atoms with Gasteiger partial charge in [-0.15, -0.1) is 0 Å². The number of likely N-dealkylation sites (tertiary alicyclic amines) is 1. The summed E-state index contributed by atoms with van der Waals surface area (Å²) in [7, 11) is 0. The van der Waals surface area contributed by atoms with Crippen molar-refractivity contribution in [3.05, 3.63) is 17.7 Å². The van der Waals surface area contributed by atoms with Gasteiger partial charge in [-0.25, -0.2) is 4.98 Å². The first kappa shape index (κ1) is 13.1. The molecule has 19 heavy (non-hydrogen) atoms. The lowest BCUT2D eigenvalue weighted by molar-refractivity contribution is 0.199. The number of aliphatic hydroxyl groups is 1. The van der Waals surface area contributed by atoms with E-state index >= 15 is 0 Å². The molecule has 2 atom stereocenters. The van der Waals surface area contributed by atoms with Gasteiger partial charge in [0.25, 0.3) is 0 Å². The molecule has 0 radical (unpaired) electrons. The highest BCUT2D eigenvalue weighted by atomic mass is 16.3. The van der Waals surface area contributed by atoms with E-state index in [1.165, 1.54) is 24.5 Å². The fourth-order valence-corrected chi connectivity index (χ4v) is 3.36. The van der Waals surface area contributed by atoms with Crippen LogP contribution in [0.25, 0.3) is 0 Å². The maximum absolute atomic E-state index is 9.29. The Kier molecular flexibility index (Phi) is 3.63. The molecule has 1 fully saturated rings. The van der Waals surface area contributed by atoms with Gasteiger partial charge in [0, 0.05) is 44.3 Å². The van der Waals surface area contributed by atoms with Crippen molar-refractivity contribution in [3.8, 4) is 0 Å². The molecule has 1 N–H and O–H groups in total. The SMILES string of the molecule is CC(C)N1CCC(c2cn3c(n2)CC(CO)CC3)C1. The Morgan fingerprint density at radius 3 is 2.89 bits per heavy atom. The fraction of sp³-hybridized carbons (Fsp3) is 0.800. The van der Waals surface area contributed by atoms with Crippen LogP contribution < -0.4 is 0 Å². The zero-order valence-electron chi connectivity index (χ0n) is 12.0. The Bertz CT molecular complexity index is 441. The van der Waals surface area contributed by atoms with E-state index in [0.717, 1.165) is 25.9 Å². The molecule has 0 saturated carbocycles. The molecule has 3 heterocycles. The van der Waals surface area contributed by atoms with Crippen LogP contribution in [0.5, 0.6) is 0 Å². The zero-order chi connectivity index (χ0) is 13.4. The van der Waals surface area contributed by atoms with Crippen molar-refractivity contribution in [1.29, 1.82) is 0 Å². The van der Waals surface area contributed by atoms with Gasteiger partial charge in [-0.1, -0.05) is 0 Å². The van der Waals surface area contributed by atoms with Gasteiger partial charge in [0.1, 0.15) is 5.82 Å². The second kappa shape index (κ2) is 5.25. The summed E-state index contributed by atoms with van der Waals surface area (Å²) < 4.78 is 2.31. The predicted molar refractivity (Wildman–Crippen MR) is 75.2 cm³/mol. The summed E-state index contributed by atoms with van der Waals surface area (Å²) in [6, 6.07) is 0.640. The number of fused-ring (bicyclic) bond motifs is 1. The standard InChI is InChI=1S/C15H25N3O/c1-11(2)17-6-4-13(8-17)14-9-18-5-3-12(10-19)7-15(18)16-14/h9,11-13,19H,3-8,10H2,1-2H3. The van der Waals surface area contributed by atoms with Crippen molar-refractivity contribution in [2.45, 2.75) is 51.6 Å². The summed E-state index contributed by atoms with van der Waals surface area (Å²) >= 11 is 0. The Balaban J connectivity index is 1.72. The largest absolute Gasteiger partial charge is 0.396 e. The molecule has 4 heteroatoms. The molecule has 106 valence electrons. The average molecular weight is 263 g/mol. The molecule has 0 spiro atoms. The fourth-order valence-electron chi connectivity index (χ4n) is 3.36. The van der Waals surface area contributed by atoms with Crippen LogP contribution in [0.2, 0.25) is 0 Å². The highest BCUT2D eigenvalue weighted by Gasteiger charge is 2.29. The van der Waals surface area contributed by atoms with Gasteiger partial charge in [0.15, 0.2) is 0 Å². The number of aryl methyl sites for hydroxylation is 1. The third-order valence-corrected chi connectivity index (χ3v) is 4.75. The number of imidazole rings is 1. The number of hydrogen-bond donors (Lipinski definition) is 1. The smallest absolute Gasteiger partial charge is 0.109 e. The van der Waals surface area contributed by atoms with E-state index in [2.05, 4.69) is 29.5 Å². The van der Waals surface area contributed by atoms with Gasteiger partial charge in [0.2, 0.25) is 0 Å². The highest BCUT2D eigenvalue weighted by Crippen LogP contribution is 2.29. The summed E-state index contributed by atoms with van der Waals surface area (Å²) in [6.07, 6.45) is 5.52. The summed E-state index contributed by atoms with van der Waals surface area (Å²) in [4.78, 5) is 7.39. The second-order valence-electron chi connectivity index (χ2n) is 6.39. The molecule has 1 aromatic heterocycles. The molecule has 0 aromatic carbocycles. The summed E-state index contributed by atoms with van der Waals surface area (Å²) in [6.45, 7) is 8.21. The topological polar surface area (TPSA) is 41.3 Å². The number of aliphatic hydroxyl groups excluding tert-OH is 1. The van der Waals surface area contributed by atoms with E-state index in [1.807, 2.05) is 0 Å². The van der Waals surface area contributed by atoms with E-state index < -0.39 is 0 Å². The molecule has 1 saturated heterocycles. The monoisotopic (exact) mass is 263 g/mol. The number of rotatable bonds is 3. The zero-order valence-corrected chi connectivity index (χ0v) is 12.0. The summed E-state index contributed by atoms with van der Waals surface area (Å²) in [5.41, 5.74) is 1.27. The van der Waals surface area contributed by atoms with E-state index in [1.54, 1.807) is 0 Å². The Hall–Kier alpha value is -0.870. The van der Waals surface area contributed by atoms with E-state index in [4.69, 9.17) is 4.98 Å². The third-order valence-electron chi connectivity index (χ3n) is 4.75. The van der Waals surface area contributed by atoms with Crippen LogP contribution in [-0.2, 0) is 13.0 Å². The van der Waals surface area contributed by atoms with Crippen LogP contribution in [0.4, 0.5) is 0 Å². The van der Waals surface area contributed by atoms with Crippen LogP contribution in [0.15, 0.2) is 6.20 Å². The van der Waals surface area contributed by atoms with Crippen LogP contribution in [0.3, 0.4) is 0 Å². The quantitative estimate of drug-likeness (QED) is 0.901. The summed E-state index contributed by atoms with van der Waals surface area (Å²) in [5, 5.41) is 9.29. The lowest BCUT2D eigenvalue weighted by Crippen LogP contribution is -2.27. The third kappa shape index (κ3) is 2.56. The van der Waals surface area contributed by atoms with Crippen molar-refractivity contribution in [2.24, 2.45) is 5.92 Å². The minimum atomic E-state index is 0.298. The van der Waals surface area contributed by atoms with Crippen molar-refractivity contribution in [1.82, 2.24) is 14.5 Å². The van der Waals surface area contributed by atoms with Gasteiger partial charge in [-0.2, -0.15) is 0 Å². The first-order chi connectivity index (χ1) is 9.17. The van der Waals surface area contributed by atoms with Gasteiger partial charge in [-0.3, -0.25) is 0 Å².